The number of carbonyl (C=O) groups is 1. The number of likely N-dealkylation sites (tertiary alicyclic amines) is 1. The van der Waals surface area contributed by atoms with Crippen LogP contribution in [0.15, 0.2) is 30.5 Å². The Balaban J connectivity index is 1.98. The summed E-state index contributed by atoms with van der Waals surface area (Å²) >= 11 is 6.24. The van der Waals surface area contributed by atoms with Crippen molar-refractivity contribution in [3.63, 3.8) is 0 Å². The average Bonchev–Trinajstić information content (AvgIpc) is 2.88. The van der Waals surface area contributed by atoms with Gasteiger partial charge >= 0.3 is 0 Å². The highest BCUT2D eigenvalue weighted by Gasteiger charge is 2.27. The lowest BCUT2D eigenvalue weighted by Gasteiger charge is -2.30. The first-order valence-corrected chi connectivity index (χ1v) is 7.70. The second kappa shape index (κ2) is 6.10. The Kier molecular flexibility index (Phi) is 4.18. The summed E-state index contributed by atoms with van der Waals surface area (Å²) in [6, 6.07) is 7.35. The summed E-state index contributed by atoms with van der Waals surface area (Å²) in [6.07, 6.45) is 2.82. The molecule has 1 aliphatic rings. The van der Waals surface area contributed by atoms with E-state index in [0.717, 1.165) is 18.4 Å². The number of hydrogen-bond donors (Lipinski definition) is 1. The Morgan fingerprint density at radius 1 is 1.41 bits per heavy atom. The van der Waals surface area contributed by atoms with Crippen molar-refractivity contribution in [2.75, 3.05) is 13.1 Å². The second-order valence-corrected chi connectivity index (χ2v) is 6.00. The molecular formula is C16H18ClN3O2. The molecule has 1 atom stereocenters. The molecule has 1 amide bonds. The normalized spacial score (nSPS) is 18.5. The molecule has 0 aliphatic carbocycles. The zero-order chi connectivity index (χ0) is 15.7. The first kappa shape index (κ1) is 15.1. The van der Waals surface area contributed by atoms with Crippen molar-refractivity contribution in [3.05, 3.63) is 41.0 Å². The van der Waals surface area contributed by atoms with Crippen LogP contribution in [0.4, 0.5) is 0 Å². The summed E-state index contributed by atoms with van der Waals surface area (Å²) in [5, 5.41) is 14.7. The lowest BCUT2D eigenvalue weighted by atomic mass is 10.0. The predicted molar refractivity (Wildman–Crippen MR) is 84.8 cm³/mol. The minimum absolute atomic E-state index is 0.109. The molecule has 5 nitrogen and oxygen atoms in total. The minimum atomic E-state index is -0.446. The highest BCUT2D eigenvalue weighted by atomic mass is 35.5. The number of benzene rings is 1. The molecule has 0 radical (unpaired) electrons. The molecule has 1 unspecified atom stereocenters. The van der Waals surface area contributed by atoms with Crippen LogP contribution in [0.2, 0.25) is 5.02 Å². The number of nitrogens with zero attached hydrogens (tertiary/aromatic N) is 3. The fraction of sp³-hybridized carbons (Fsp3) is 0.375. The number of piperidine rings is 1. The van der Waals surface area contributed by atoms with Gasteiger partial charge in [0.05, 0.1) is 16.7 Å². The minimum Gasteiger partial charge on any atom is -0.391 e. The third-order valence-electron chi connectivity index (χ3n) is 3.87. The van der Waals surface area contributed by atoms with E-state index in [0.29, 0.717) is 29.4 Å². The van der Waals surface area contributed by atoms with Gasteiger partial charge in [0.1, 0.15) is 5.69 Å². The Bertz CT molecular complexity index is 698. The lowest BCUT2D eigenvalue weighted by molar-refractivity contribution is 0.0474. The fourth-order valence-electron chi connectivity index (χ4n) is 2.81. The molecule has 22 heavy (non-hydrogen) atoms. The smallest absolute Gasteiger partial charge is 0.257 e. The molecule has 1 aromatic carbocycles. The van der Waals surface area contributed by atoms with Crippen molar-refractivity contribution in [1.82, 2.24) is 14.7 Å². The summed E-state index contributed by atoms with van der Waals surface area (Å²) in [5.41, 5.74) is 1.84. The monoisotopic (exact) mass is 319 g/mol. The number of halogens is 1. The number of β-amino-alcohol motifs (C(OH)–C–C–N with tert-alkyl or cyclic N) is 1. The van der Waals surface area contributed by atoms with E-state index in [2.05, 4.69) is 5.10 Å². The molecule has 0 spiro atoms. The Labute approximate surface area is 134 Å². The third kappa shape index (κ3) is 2.87. The van der Waals surface area contributed by atoms with Crippen LogP contribution in [-0.2, 0) is 7.05 Å². The van der Waals surface area contributed by atoms with Crippen LogP contribution in [0, 0.1) is 0 Å². The van der Waals surface area contributed by atoms with Crippen molar-refractivity contribution in [1.29, 1.82) is 0 Å². The largest absolute Gasteiger partial charge is 0.391 e. The molecule has 116 valence electrons. The van der Waals surface area contributed by atoms with E-state index >= 15 is 0 Å². The zero-order valence-electron chi connectivity index (χ0n) is 12.4. The number of amides is 1. The highest BCUT2D eigenvalue weighted by molar-refractivity contribution is 6.33. The van der Waals surface area contributed by atoms with Crippen LogP contribution >= 0.6 is 11.6 Å². The van der Waals surface area contributed by atoms with Gasteiger partial charge in [-0.15, -0.1) is 0 Å². The van der Waals surface area contributed by atoms with Crippen LogP contribution in [-0.4, -0.2) is 44.9 Å². The van der Waals surface area contributed by atoms with Gasteiger partial charge in [0.15, 0.2) is 0 Å². The molecule has 1 fully saturated rings. The van der Waals surface area contributed by atoms with E-state index in [-0.39, 0.29) is 5.91 Å². The second-order valence-electron chi connectivity index (χ2n) is 5.59. The molecule has 6 heteroatoms. The molecule has 0 bridgehead atoms. The number of hydrogen-bond acceptors (Lipinski definition) is 3. The Morgan fingerprint density at radius 3 is 2.91 bits per heavy atom. The van der Waals surface area contributed by atoms with Gasteiger partial charge in [-0.2, -0.15) is 5.10 Å². The van der Waals surface area contributed by atoms with E-state index in [1.807, 2.05) is 18.2 Å². The molecule has 1 saturated heterocycles. The highest BCUT2D eigenvalue weighted by Crippen LogP contribution is 2.30. The fourth-order valence-corrected chi connectivity index (χ4v) is 3.03. The molecular weight excluding hydrogens is 302 g/mol. The first-order chi connectivity index (χ1) is 10.6. The summed E-state index contributed by atoms with van der Waals surface area (Å²) in [7, 11) is 1.78. The van der Waals surface area contributed by atoms with Gasteiger partial charge in [-0.3, -0.25) is 9.48 Å². The van der Waals surface area contributed by atoms with Crippen LogP contribution in [0.3, 0.4) is 0 Å². The zero-order valence-corrected chi connectivity index (χ0v) is 13.1. The van der Waals surface area contributed by atoms with Gasteiger partial charge in [0.25, 0.3) is 5.91 Å². The van der Waals surface area contributed by atoms with Crippen LogP contribution in [0.1, 0.15) is 23.2 Å². The maximum absolute atomic E-state index is 12.8. The lowest BCUT2D eigenvalue weighted by Crippen LogP contribution is -2.42. The quantitative estimate of drug-likeness (QED) is 0.924. The number of aryl methyl sites for hydroxylation is 1. The molecule has 1 aliphatic heterocycles. The van der Waals surface area contributed by atoms with Gasteiger partial charge in [0, 0.05) is 31.9 Å². The SMILES string of the molecule is Cn1cc(C(=O)N2CCCC(O)C2)c(-c2ccccc2Cl)n1. The van der Waals surface area contributed by atoms with Crippen molar-refractivity contribution in [2.45, 2.75) is 18.9 Å². The van der Waals surface area contributed by atoms with E-state index in [1.165, 1.54) is 0 Å². The van der Waals surface area contributed by atoms with Crippen LogP contribution in [0.5, 0.6) is 0 Å². The molecule has 2 heterocycles. The number of aliphatic hydroxyl groups is 1. The van der Waals surface area contributed by atoms with Gasteiger partial charge < -0.3 is 10.0 Å². The number of carbonyl (C=O) groups excluding carboxylic acids is 1. The van der Waals surface area contributed by atoms with Crippen LogP contribution in [0.25, 0.3) is 11.3 Å². The van der Waals surface area contributed by atoms with E-state index in [1.54, 1.807) is 28.9 Å². The average molecular weight is 320 g/mol. The maximum Gasteiger partial charge on any atom is 0.257 e. The summed E-state index contributed by atoms with van der Waals surface area (Å²) in [4.78, 5) is 14.5. The Morgan fingerprint density at radius 2 is 2.18 bits per heavy atom. The third-order valence-corrected chi connectivity index (χ3v) is 4.20. The molecule has 1 N–H and O–H groups in total. The standard InChI is InChI=1S/C16H18ClN3O2/c1-19-10-13(16(22)20-8-4-5-11(21)9-20)15(18-19)12-6-2-3-7-14(12)17/h2-3,6-7,10-11,21H,4-5,8-9H2,1H3. The summed E-state index contributed by atoms with van der Waals surface area (Å²) < 4.78 is 1.62. The molecule has 0 saturated carbocycles. The maximum atomic E-state index is 12.8. The molecule has 2 aromatic rings. The van der Waals surface area contributed by atoms with Crippen molar-refractivity contribution in [3.8, 4) is 11.3 Å². The number of aromatic nitrogens is 2. The van der Waals surface area contributed by atoms with Gasteiger partial charge in [-0.1, -0.05) is 29.8 Å². The first-order valence-electron chi connectivity index (χ1n) is 7.32. The van der Waals surface area contributed by atoms with E-state index in [9.17, 15) is 9.90 Å². The number of rotatable bonds is 2. The van der Waals surface area contributed by atoms with E-state index in [4.69, 9.17) is 11.6 Å². The van der Waals surface area contributed by atoms with Crippen molar-refractivity contribution in [2.24, 2.45) is 7.05 Å². The predicted octanol–water partition coefficient (Wildman–Crippen LogP) is 2.34. The van der Waals surface area contributed by atoms with E-state index < -0.39 is 6.10 Å². The number of aliphatic hydroxyl groups excluding tert-OH is 1. The van der Waals surface area contributed by atoms with Gasteiger partial charge in [-0.05, 0) is 18.9 Å². The van der Waals surface area contributed by atoms with Crippen LogP contribution < -0.4 is 0 Å². The molecule has 1 aromatic heterocycles. The Hall–Kier alpha value is -1.85. The molecule has 3 rings (SSSR count). The van der Waals surface area contributed by atoms with Gasteiger partial charge in [0.2, 0.25) is 0 Å². The summed E-state index contributed by atoms with van der Waals surface area (Å²) in [6.45, 7) is 1.03. The topological polar surface area (TPSA) is 58.4 Å². The van der Waals surface area contributed by atoms with Crippen molar-refractivity contribution >= 4 is 17.5 Å². The van der Waals surface area contributed by atoms with Gasteiger partial charge in [-0.25, -0.2) is 0 Å². The summed E-state index contributed by atoms with van der Waals surface area (Å²) in [5.74, 6) is -0.109. The van der Waals surface area contributed by atoms with Crippen molar-refractivity contribution < 1.29 is 9.90 Å².